The van der Waals surface area contributed by atoms with Crippen LogP contribution < -0.4 is 15.3 Å². The van der Waals surface area contributed by atoms with Crippen molar-refractivity contribution in [1.82, 2.24) is 5.06 Å². The van der Waals surface area contributed by atoms with Crippen LogP contribution in [0.1, 0.15) is 29.3 Å². The van der Waals surface area contributed by atoms with Crippen LogP contribution >= 0.6 is 11.6 Å². The molecule has 0 radical (unpaired) electrons. The Bertz CT molecular complexity index is 970. The predicted octanol–water partition coefficient (Wildman–Crippen LogP) is 3.43. The lowest BCUT2D eigenvalue weighted by atomic mass is 9.91. The molecular weight excluding hydrogens is 441 g/mol. The maximum atomic E-state index is 14.0. The van der Waals surface area contributed by atoms with Crippen molar-refractivity contribution in [3.63, 3.8) is 0 Å². The molecule has 0 saturated carbocycles. The van der Waals surface area contributed by atoms with Gasteiger partial charge in [0.1, 0.15) is 5.75 Å². The van der Waals surface area contributed by atoms with E-state index in [1.807, 2.05) is 0 Å². The summed E-state index contributed by atoms with van der Waals surface area (Å²) >= 11 is 5.93. The monoisotopic (exact) mass is 460 g/mol. The topological polar surface area (TPSA) is 102 Å². The first-order valence-electron chi connectivity index (χ1n) is 8.98. The minimum Gasteiger partial charge on any atom is -0.497 e. The number of amides is 2. The first-order valence-corrected chi connectivity index (χ1v) is 9.36. The molecule has 0 bridgehead atoms. The van der Waals surface area contributed by atoms with Gasteiger partial charge in [0.05, 0.1) is 24.2 Å². The van der Waals surface area contributed by atoms with Gasteiger partial charge >= 0.3 is 12.1 Å². The molecule has 0 spiro atoms. The van der Waals surface area contributed by atoms with Crippen molar-refractivity contribution in [3.8, 4) is 11.5 Å². The number of ether oxygens (including phenoxy) is 1. The Hall–Kier alpha value is -2.98. The van der Waals surface area contributed by atoms with Crippen molar-refractivity contribution >= 4 is 23.4 Å². The van der Waals surface area contributed by atoms with Crippen molar-refractivity contribution in [3.05, 3.63) is 58.6 Å². The fourth-order valence-electron chi connectivity index (χ4n) is 2.71. The quantitative estimate of drug-likeness (QED) is 0.588. The third-order valence-corrected chi connectivity index (χ3v) is 4.59. The van der Waals surface area contributed by atoms with Gasteiger partial charge in [-0.2, -0.15) is 18.2 Å². The van der Waals surface area contributed by atoms with E-state index in [1.54, 1.807) is 6.92 Å². The van der Waals surface area contributed by atoms with E-state index in [1.165, 1.54) is 31.4 Å². The second-order valence-electron chi connectivity index (χ2n) is 6.44. The lowest BCUT2D eigenvalue weighted by Gasteiger charge is -2.34. The maximum absolute atomic E-state index is 14.0. The summed E-state index contributed by atoms with van der Waals surface area (Å²) in [6.07, 6.45) is -5.16. The minimum atomic E-state index is -5.38. The second kappa shape index (κ2) is 9.44. The van der Waals surface area contributed by atoms with Gasteiger partial charge in [-0.05, 0) is 30.7 Å². The van der Waals surface area contributed by atoms with Gasteiger partial charge in [-0.3, -0.25) is 9.59 Å². The Balaban J connectivity index is 2.48. The van der Waals surface area contributed by atoms with Gasteiger partial charge in [0.15, 0.2) is 5.75 Å². The molecule has 0 aliphatic heterocycles. The normalized spacial score (nSPS) is 13.3. The van der Waals surface area contributed by atoms with Crippen LogP contribution in [0.3, 0.4) is 0 Å². The maximum Gasteiger partial charge on any atom is 0.430 e. The highest BCUT2D eigenvalue weighted by Gasteiger charge is 2.62. The zero-order valence-corrected chi connectivity index (χ0v) is 17.3. The van der Waals surface area contributed by atoms with Crippen molar-refractivity contribution < 1.29 is 37.4 Å². The molecule has 0 fully saturated rings. The number of nitrogens with two attached hydrogens (primary N) is 1. The molecule has 0 aromatic heterocycles. The molecule has 7 nitrogen and oxygen atoms in total. The molecule has 31 heavy (non-hydrogen) atoms. The number of rotatable bonds is 8. The molecule has 2 aromatic carbocycles. The van der Waals surface area contributed by atoms with Crippen LogP contribution in [-0.4, -0.2) is 41.8 Å². The third kappa shape index (κ3) is 5.02. The van der Waals surface area contributed by atoms with E-state index in [-0.39, 0.29) is 35.1 Å². The van der Waals surface area contributed by atoms with Crippen LogP contribution in [0.4, 0.5) is 13.2 Å². The van der Waals surface area contributed by atoms with Gasteiger partial charge in [0, 0.05) is 11.6 Å². The number of aliphatic hydroxyl groups is 1. The Labute approximate surface area is 181 Å². The van der Waals surface area contributed by atoms with Gasteiger partial charge in [0.25, 0.3) is 5.60 Å². The Morgan fingerprint density at radius 1 is 1.16 bits per heavy atom. The summed E-state index contributed by atoms with van der Waals surface area (Å²) in [5.41, 5.74) is 0.473. The summed E-state index contributed by atoms with van der Waals surface area (Å²) in [5.74, 6) is -2.69. The van der Waals surface area contributed by atoms with Crippen molar-refractivity contribution in [2.45, 2.75) is 25.1 Å². The fraction of sp³-hybridized carbons (Fsp3) is 0.300. The van der Waals surface area contributed by atoms with Crippen LogP contribution in [0.2, 0.25) is 5.02 Å². The number of carbonyl (C=O) groups excluding carboxylic acids is 2. The zero-order chi connectivity index (χ0) is 23.4. The van der Waals surface area contributed by atoms with E-state index in [4.69, 9.17) is 26.9 Å². The Morgan fingerprint density at radius 3 is 2.35 bits per heavy atom. The molecular formula is C20H20ClF3N2O5. The molecule has 11 heteroatoms. The van der Waals surface area contributed by atoms with Gasteiger partial charge in [-0.15, -0.1) is 0 Å². The number of halogens is 4. The number of methoxy groups -OCH3 is 1. The highest BCUT2D eigenvalue weighted by molar-refractivity contribution is 6.33. The largest absolute Gasteiger partial charge is 0.497 e. The molecule has 3 N–H and O–H groups in total. The van der Waals surface area contributed by atoms with Crippen LogP contribution in [0, 0.1) is 0 Å². The number of hydrogen-bond acceptors (Lipinski definition) is 5. The van der Waals surface area contributed by atoms with Gasteiger partial charge in [-0.1, -0.05) is 30.7 Å². The lowest BCUT2D eigenvalue weighted by Crippen LogP contribution is -2.56. The summed E-state index contributed by atoms with van der Waals surface area (Å²) in [4.78, 5) is 29.5. The van der Waals surface area contributed by atoms with Crippen molar-refractivity contribution in [2.24, 2.45) is 5.73 Å². The standard InChI is InChI=1S/C20H20ClF3N2O5/c1-3-9-26(31-14-7-8-15(17(25)27)16(21)11-14)18(28)19(29,20(22,23)24)12-5-4-6-13(10-12)30-2/h4-8,10-11,29H,3,9H2,1-2H3,(H2,25,27)/t19-/m1/s1. The number of primary amides is 1. The van der Waals surface area contributed by atoms with Gasteiger partial charge in [0.2, 0.25) is 5.91 Å². The number of hydroxylamine groups is 2. The summed E-state index contributed by atoms with van der Waals surface area (Å²) in [6, 6.07) is 7.98. The summed E-state index contributed by atoms with van der Waals surface area (Å²) in [7, 11) is 1.24. The molecule has 0 unspecified atom stereocenters. The van der Waals surface area contributed by atoms with Crippen LogP contribution in [0.5, 0.6) is 11.5 Å². The van der Waals surface area contributed by atoms with Crippen LogP contribution in [0.15, 0.2) is 42.5 Å². The molecule has 0 aliphatic rings. The first-order chi connectivity index (χ1) is 14.4. The molecule has 2 rings (SSSR count). The molecule has 0 saturated heterocycles. The second-order valence-corrected chi connectivity index (χ2v) is 6.85. The predicted molar refractivity (Wildman–Crippen MR) is 106 cm³/mol. The summed E-state index contributed by atoms with van der Waals surface area (Å²) in [6.45, 7) is 1.32. The number of hydrogen-bond donors (Lipinski definition) is 2. The van der Waals surface area contributed by atoms with E-state index in [0.29, 0.717) is 5.06 Å². The third-order valence-electron chi connectivity index (χ3n) is 4.28. The minimum absolute atomic E-state index is 0.0183. The number of nitrogens with zero attached hydrogens (tertiary/aromatic N) is 1. The summed E-state index contributed by atoms with van der Waals surface area (Å²) in [5, 5.41) is 10.9. The number of benzene rings is 2. The SMILES string of the molecule is CCCN(Oc1ccc(C(N)=O)c(Cl)c1)C(=O)[C@](O)(c1cccc(OC)c1)C(F)(F)F. The molecule has 0 aliphatic carbocycles. The van der Waals surface area contributed by atoms with E-state index >= 15 is 0 Å². The average molecular weight is 461 g/mol. The Morgan fingerprint density at radius 2 is 1.84 bits per heavy atom. The molecule has 2 amide bonds. The Kier molecular flexibility index (Phi) is 7.40. The van der Waals surface area contributed by atoms with Gasteiger partial charge < -0.3 is 20.4 Å². The van der Waals surface area contributed by atoms with Crippen LogP contribution in [0.25, 0.3) is 0 Å². The lowest BCUT2D eigenvalue weighted by molar-refractivity contribution is -0.270. The van der Waals surface area contributed by atoms with Crippen LogP contribution in [-0.2, 0) is 10.4 Å². The van der Waals surface area contributed by atoms with Crippen molar-refractivity contribution in [2.75, 3.05) is 13.7 Å². The van der Waals surface area contributed by atoms with E-state index in [2.05, 4.69) is 0 Å². The molecule has 1 atom stereocenters. The van der Waals surface area contributed by atoms with Crippen molar-refractivity contribution in [1.29, 1.82) is 0 Å². The number of alkyl halides is 3. The fourth-order valence-corrected chi connectivity index (χ4v) is 2.97. The van der Waals surface area contributed by atoms with E-state index in [0.717, 1.165) is 18.2 Å². The molecule has 2 aromatic rings. The number of carbonyl (C=O) groups is 2. The first kappa shape index (κ1) is 24.3. The van der Waals surface area contributed by atoms with Gasteiger partial charge in [-0.25, -0.2) is 0 Å². The highest BCUT2D eigenvalue weighted by Crippen LogP contribution is 2.41. The van der Waals surface area contributed by atoms with E-state index < -0.39 is 29.2 Å². The highest BCUT2D eigenvalue weighted by atomic mass is 35.5. The summed E-state index contributed by atoms with van der Waals surface area (Å²) < 4.78 is 46.8. The smallest absolute Gasteiger partial charge is 0.430 e. The average Bonchev–Trinajstić information content (AvgIpc) is 2.71. The zero-order valence-electron chi connectivity index (χ0n) is 16.6. The molecule has 168 valence electrons. The molecule has 0 heterocycles. The van der Waals surface area contributed by atoms with E-state index in [9.17, 15) is 27.9 Å².